The van der Waals surface area contributed by atoms with E-state index in [1.54, 1.807) is 6.92 Å². The highest BCUT2D eigenvalue weighted by Gasteiger charge is 2.45. The molecule has 2 aromatic rings. The average Bonchev–Trinajstić information content (AvgIpc) is 2.74. The third kappa shape index (κ3) is 4.50. The number of aliphatic hydroxyl groups excluding tert-OH is 5. The molecule has 1 saturated heterocycles. The van der Waals surface area contributed by atoms with Gasteiger partial charge in [-0.05, 0) is 6.92 Å². The van der Waals surface area contributed by atoms with Gasteiger partial charge in [-0.2, -0.15) is 0 Å². The normalized spacial score (nSPS) is 26.9. The standard InChI is InChI=1S/C21H26O11/c1-8(2)13(31-21-20(29)19(28)18(27)15(7-23)32-21)4-10-11(24)5-14-16(17(10)26)12(25)3-9(6-22)30-14/h3,5,13,15,18-24,26-29H,1,4,6-7H2,2H3/t13-,15+,18+,19-,20+,21+/m0/s1. The third-order valence-electron chi connectivity index (χ3n) is 5.37. The molecule has 11 nitrogen and oxygen atoms in total. The Morgan fingerprint density at radius 3 is 2.44 bits per heavy atom. The summed E-state index contributed by atoms with van der Waals surface area (Å²) in [5.74, 6) is -1.02. The minimum Gasteiger partial charge on any atom is -0.507 e. The van der Waals surface area contributed by atoms with E-state index in [2.05, 4.69) is 6.58 Å². The van der Waals surface area contributed by atoms with Crippen molar-refractivity contribution in [3.05, 3.63) is 45.8 Å². The first-order valence-corrected chi connectivity index (χ1v) is 9.81. The van der Waals surface area contributed by atoms with Gasteiger partial charge in [0.25, 0.3) is 0 Å². The molecule has 1 aromatic carbocycles. The van der Waals surface area contributed by atoms with Crippen molar-refractivity contribution >= 4 is 11.0 Å². The van der Waals surface area contributed by atoms with Crippen LogP contribution in [-0.4, -0.2) is 79.2 Å². The maximum Gasteiger partial charge on any atom is 0.196 e. The van der Waals surface area contributed by atoms with E-state index >= 15 is 0 Å². The number of fused-ring (bicyclic) bond motifs is 1. The number of aliphatic hydroxyl groups is 5. The molecule has 0 amide bonds. The highest BCUT2D eigenvalue weighted by molar-refractivity contribution is 5.86. The summed E-state index contributed by atoms with van der Waals surface area (Å²) in [7, 11) is 0. The van der Waals surface area contributed by atoms with E-state index in [9.17, 15) is 40.5 Å². The van der Waals surface area contributed by atoms with Crippen molar-refractivity contribution in [2.45, 2.75) is 56.8 Å². The SMILES string of the molecule is C=C(C)[C@H](Cc1c(O)cc2oc(CO)cc(=O)c2c1O)O[C@@H]1O[C@H](CO)[C@@H](O)[C@H](O)[C@H]1O. The number of hydrogen-bond donors (Lipinski definition) is 7. The number of rotatable bonds is 7. The maximum atomic E-state index is 12.4. The Labute approximate surface area is 182 Å². The number of aromatic hydroxyl groups is 2. The van der Waals surface area contributed by atoms with E-state index in [4.69, 9.17) is 13.9 Å². The molecule has 0 unspecified atom stereocenters. The van der Waals surface area contributed by atoms with Gasteiger partial charge in [0, 0.05) is 24.1 Å². The van der Waals surface area contributed by atoms with E-state index in [1.165, 1.54) is 0 Å². The zero-order chi connectivity index (χ0) is 23.7. The fourth-order valence-electron chi connectivity index (χ4n) is 3.52. The van der Waals surface area contributed by atoms with Crippen molar-refractivity contribution in [1.82, 2.24) is 0 Å². The Bertz CT molecular complexity index is 1040. The molecule has 0 saturated carbocycles. The van der Waals surface area contributed by atoms with Gasteiger partial charge in [-0.25, -0.2) is 0 Å². The molecule has 1 fully saturated rings. The molecule has 1 aliphatic rings. The summed E-state index contributed by atoms with van der Waals surface area (Å²) in [6, 6.07) is 2.14. The van der Waals surface area contributed by atoms with Crippen molar-refractivity contribution in [2.24, 2.45) is 0 Å². The predicted octanol–water partition coefficient (Wildman–Crippen LogP) is -1.000. The Hall–Kier alpha value is -2.51. The van der Waals surface area contributed by atoms with Crippen LogP contribution in [0.2, 0.25) is 0 Å². The molecule has 3 rings (SSSR count). The fourth-order valence-corrected chi connectivity index (χ4v) is 3.52. The smallest absolute Gasteiger partial charge is 0.196 e. The van der Waals surface area contributed by atoms with Gasteiger partial charge in [0.2, 0.25) is 0 Å². The summed E-state index contributed by atoms with van der Waals surface area (Å²) in [5, 5.41) is 69.5. The van der Waals surface area contributed by atoms with Crippen molar-refractivity contribution < 1.29 is 49.6 Å². The number of benzene rings is 1. The van der Waals surface area contributed by atoms with Crippen LogP contribution >= 0.6 is 0 Å². The lowest BCUT2D eigenvalue weighted by atomic mass is 9.97. The van der Waals surface area contributed by atoms with Gasteiger partial charge < -0.3 is 49.6 Å². The number of hydrogen-bond acceptors (Lipinski definition) is 11. The number of phenolic OH excluding ortho intramolecular Hbond substituents is 2. The first-order valence-electron chi connectivity index (χ1n) is 9.81. The first kappa shape index (κ1) is 24.1. The van der Waals surface area contributed by atoms with E-state index in [-0.39, 0.29) is 28.7 Å². The molecule has 2 heterocycles. The third-order valence-corrected chi connectivity index (χ3v) is 5.37. The predicted molar refractivity (Wildman–Crippen MR) is 109 cm³/mol. The highest BCUT2D eigenvalue weighted by atomic mass is 16.7. The summed E-state index contributed by atoms with van der Waals surface area (Å²) in [6.07, 6.45) is -8.70. The summed E-state index contributed by atoms with van der Waals surface area (Å²) in [4.78, 5) is 12.4. The van der Waals surface area contributed by atoms with Gasteiger partial charge in [0.15, 0.2) is 11.7 Å². The Morgan fingerprint density at radius 1 is 1.16 bits per heavy atom. The molecule has 0 radical (unpaired) electrons. The summed E-state index contributed by atoms with van der Waals surface area (Å²) >= 11 is 0. The Morgan fingerprint density at radius 2 is 1.84 bits per heavy atom. The Balaban J connectivity index is 1.93. The van der Waals surface area contributed by atoms with Gasteiger partial charge in [-0.3, -0.25) is 4.79 Å². The van der Waals surface area contributed by atoms with Crippen LogP contribution in [-0.2, 0) is 22.5 Å². The lowest BCUT2D eigenvalue weighted by Crippen LogP contribution is -2.59. The Kier molecular flexibility index (Phi) is 7.20. The van der Waals surface area contributed by atoms with Crippen LogP contribution in [0, 0.1) is 0 Å². The first-order chi connectivity index (χ1) is 15.1. The molecule has 0 bridgehead atoms. The van der Waals surface area contributed by atoms with Crippen molar-refractivity contribution in [3.8, 4) is 11.5 Å². The van der Waals surface area contributed by atoms with Gasteiger partial charge in [0.05, 0.1) is 12.7 Å². The molecular weight excluding hydrogens is 428 g/mol. The maximum absolute atomic E-state index is 12.4. The van der Waals surface area contributed by atoms with Crippen LogP contribution in [0.1, 0.15) is 18.2 Å². The van der Waals surface area contributed by atoms with E-state index in [1.807, 2.05) is 0 Å². The van der Waals surface area contributed by atoms with Crippen LogP contribution in [0.15, 0.2) is 33.5 Å². The summed E-state index contributed by atoms with van der Waals surface area (Å²) in [5.41, 5.74) is -0.430. The molecule has 1 aromatic heterocycles. The van der Waals surface area contributed by atoms with Gasteiger partial charge in [-0.1, -0.05) is 12.2 Å². The number of ether oxygens (including phenoxy) is 2. The second-order valence-corrected chi connectivity index (χ2v) is 7.70. The van der Waals surface area contributed by atoms with E-state index in [0.29, 0.717) is 5.57 Å². The topological polar surface area (TPSA) is 190 Å². The summed E-state index contributed by atoms with van der Waals surface area (Å²) < 4.78 is 16.3. The van der Waals surface area contributed by atoms with Gasteiger partial charge >= 0.3 is 0 Å². The van der Waals surface area contributed by atoms with Crippen molar-refractivity contribution in [2.75, 3.05) is 6.61 Å². The van der Waals surface area contributed by atoms with Crippen LogP contribution < -0.4 is 5.43 Å². The quantitative estimate of drug-likeness (QED) is 0.254. The van der Waals surface area contributed by atoms with Crippen molar-refractivity contribution in [1.29, 1.82) is 0 Å². The zero-order valence-electron chi connectivity index (χ0n) is 17.2. The van der Waals surface area contributed by atoms with E-state index < -0.39 is 67.0 Å². The second-order valence-electron chi connectivity index (χ2n) is 7.70. The number of phenols is 2. The molecule has 1 aliphatic heterocycles. The van der Waals surface area contributed by atoms with E-state index in [0.717, 1.165) is 12.1 Å². The minimum atomic E-state index is -1.66. The van der Waals surface area contributed by atoms with Gasteiger partial charge in [0.1, 0.15) is 59.3 Å². The lowest BCUT2D eigenvalue weighted by Gasteiger charge is -2.41. The summed E-state index contributed by atoms with van der Waals surface area (Å²) in [6.45, 7) is 4.18. The molecule has 0 aliphatic carbocycles. The molecule has 7 N–H and O–H groups in total. The molecule has 32 heavy (non-hydrogen) atoms. The molecular formula is C21H26O11. The highest BCUT2D eigenvalue weighted by Crippen LogP contribution is 2.36. The average molecular weight is 454 g/mol. The second kappa shape index (κ2) is 9.55. The molecule has 11 heteroatoms. The molecule has 176 valence electrons. The minimum absolute atomic E-state index is 0.0418. The fraction of sp³-hybridized carbons (Fsp3) is 0.476. The zero-order valence-corrected chi connectivity index (χ0v) is 17.2. The molecule has 0 spiro atoms. The van der Waals surface area contributed by atoms with Crippen LogP contribution in [0.5, 0.6) is 11.5 Å². The van der Waals surface area contributed by atoms with Crippen LogP contribution in [0.25, 0.3) is 11.0 Å². The lowest BCUT2D eigenvalue weighted by molar-refractivity contribution is -0.308. The van der Waals surface area contributed by atoms with Crippen LogP contribution in [0.4, 0.5) is 0 Å². The van der Waals surface area contributed by atoms with Gasteiger partial charge in [-0.15, -0.1) is 0 Å². The largest absolute Gasteiger partial charge is 0.507 e. The monoisotopic (exact) mass is 454 g/mol. The molecule has 6 atom stereocenters. The van der Waals surface area contributed by atoms with Crippen LogP contribution in [0.3, 0.4) is 0 Å². The van der Waals surface area contributed by atoms with Crippen molar-refractivity contribution in [3.63, 3.8) is 0 Å².